The van der Waals surface area contributed by atoms with Crippen molar-refractivity contribution >= 4 is 21.8 Å². The van der Waals surface area contributed by atoms with Crippen LogP contribution in [0.15, 0.2) is 58.9 Å². The summed E-state index contributed by atoms with van der Waals surface area (Å²) >= 11 is 0. The summed E-state index contributed by atoms with van der Waals surface area (Å²) in [6.45, 7) is 1.89. The van der Waals surface area contributed by atoms with Crippen LogP contribution in [0.5, 0.6) is 0 Å². The smallest absolute Gasteiger partial charge is 0.269 e. The van der Waals surface area contributed by atoms with Crippen LogP contribution >= 0.6 is 0 Å². The highest BCUT2D eigenvalue weighted by atomic mass is 32.2. The van der Waals surface area contributed by atoms with Crippen molar-refractivity contribution in [3.8, 4) is 0 Å². The number of anilines is 1. The number of imidazole rings is 1. The van der Waals surface area contributed by atoms with E-state index < -0.39 is 15.7 Å². The molecular weight excluding hydrogens is 366 g/mol. The largest absolute Gasteiger partial charge is 0.370 e. The van der Waals surface area contributed by atoms with E-state index in [1.807, 2.05) is 14.0 Å². The minimum absolute atomic E-state index is 0.00899. The third-order valence-electron chi connectivity index (χ3n) is 4.48. The van der Waals surface area contributed by atoms with Gasteiger partial charge in [-0.15, -0.1) is 0 Å². The van der Waals surface area contributed by atoms with Crippen molar-refractivity contribution in [3.05, 3.63) is 65.9 Å². The molecule has 0 amide bonds. The molecule has 27 heavy (non-hydrogen) atoms. The van der Waals surface area contributed by atoms with Gasteiger partial charge >= 0.3 is 0 Å². The molecule has 10 heteroatoms. The van der Waals surface area contributed by atoms with Gasteiger partial charge in [-0.1, -0.05) is 17.7 Å². The minimum atomic E-state index is -3.84. The molecule has 0 radical (unpaired) electrons. The molecular formula is C17H19N7O2S. The Balaban J connectivity index is 1.89. The molecule has 0 fully saturated rings. The summed E-state index contributed by atoms with van der Waals surface area (Å²) in [4.78, 5) is 8.73. The van der Waals surface area contributed by atoms with Gasteiger partial charge in [-0.25, -0.2) is 22.4 Å². The Morgan fingerprint density at radius 2 is 1.89 bits per heavy atom. The number of aryl methyl sites for hydroxylation is 2. The molecule has 0 saturated carbocycles. The highest BCUT2D eigenvalue weighted by Crippen LogP contribution is 2.37. The molecule has 1 aliphatic rings. The first-order chi connectivity index (χ1) is 12.7. The van der Waals surface area contributed by atoms with Crippen molar-refractivity contribution in [2.24, 2.45) is 23.5 Å². The molecule has 1 aliphatic heterocycles. The molecule has 1 aromatic carbocycles. The SMILES string of the molecule is Cc1ccc(S(=O)(=O)n2ccc3c2NC(N)=NC3(N)c2cn(C)cn2)cc1. The number of guanidine groups is 1. The summed E-state index contributed by atoms with van der Waals surface area (Å²) in [5.41, 5.74) is 12.9. The first-order valence-corrected chi connectivity index (χ1v) is 9.59. The van der Waals surface area contributed by atoms with E-state index in [0.29, 0.717) is 11.3 Å². The zero-order chi connectivity index (χ0) is 19.4. The van der Waals surface area contributed by atoms with E-state index in [1.165, 1.54) is 6.20 Å². The van der Waals surface area contributed by atoms with E-state index >= 15 is 0 Å². The molecule has 0 aliphatic carbocycles. The van der Waals surface area contributed by atoms with Crippen LogP contribution in [0.2, 0.25) is 0 Å². The molecule has 0 saturated heterocycles. The molecule has 3 heterocycles. The Bertz CT molecular complexity index is 1160. The molecule has 140 valence electrons. The number of hydrogen-bond acceptors (Lipinski definition) is 7. The normalized spacial score (nSPS) is 19.3. The molecule has 1 unspecified atom stereocenters. The van der Waals surface area contributed by atoms with Crippen molar-refractivity contribution in [3.63, 3.8) is 0 Å². The maximum Gasteiger partial charge on any atom is 0.269 e. The lowest BCUT2D eigenvalue weighted by Crippen LogP contribution is -2.44. The lowest BCUT2D eigenvalue weighted by molar-refractivity contribution is 0.549. The lowest BCUT2D eigenvalue weighted by atomic mass is 9.99. The molecule has 0 spiro atoms. The summed E-state index contributed by atoms with van der Waals surface area (Å²) in [5.74, 6) is 0.255. The van der Waals surface area contributed by atoms with Gasteiger partial charge in [-0.3, -0.25) is 5.73 Å². The summed E-state index contributed by atoms with van der Waals surface area (Å²) in [5, 5.41) is 2.82. The average Bonchev–Trinajstić information content (AvgIpc) is 3.22. The van der Waals surface area contributed by atoms with Gasteiger partial charge in [-0.2, -0.15) is 0 Å². The Kier molecular flexibility index (Phi) is 3.65. The van der Waals surface area contributed by atoms with Gasteiger partial charge in [0.15, 0.2) is 11.6 Å². The Hall–Kier alpha value is -3.11. The second-order valence-electron chi connectivity index (χ2n) is 6.50. The summed E-state index contributed by atoms with van der Waals surface area (Å²) in [7, 11) is -2.03. The van der Waals surface area contributed by atoms with Gasteiger partial charge in [-0.05, 0) is 25.1 Å². The number of nitrogens with zero attached hydrogens (tertiary/aromatic N) is 4. The number of rotatable bonds is 3. The number of benzene rings is 1. The minimum Gasteiger partial charge on any atom is -0.370 e. The third kappa shape index (κ3) is 2.61. The number of nitrogens with two attached hydrogens (primary N) is 2. The average molecular weight is 385 g/mol. The lowest BCUT2D eigenvalue weighted by Gasteiger charge is -2.29. The molecule has 9 nitrogen and oxygen atoms in total. The zero-order valence-corrected chi connectivity index (χ0v) is 15.6. The van der Waals surface area contributed by atoms with Gasteiger partial charge in [0.2, 0.25) is 0 Å². The summed E-state index contributed by atoms with van der Waals surface area (Å²) < 4.78 is 29.1. The van der Waals surface area contributed by atoms with Crippen LogP contribution in [0.4, 0.5) is 5.82 Å². The fraction of sp³-hybridized carbons (Fsp3) is 0.176. The summed E-state index contributed by atoms with van der Waals surface area (Å²) in [6, 6.07) is 8.22. The maximum absolute atomic E-state index is 13.1. The van der Waals surface area contributed by atoms with Gasteiger partial charge in [0.25, 0.3) is 10.0 Å². The van der Waals surface area contributed by atoms with Crippen LogP contribution in [0, 0.1) is 6.92 Å². The topological polar surface area (TPSA) is 133 Å². The predicted octanol–water partition coefficient (Wildman–Crippen LogP) is 0.667. The number of aliphatic imine (C=N–C) groups is 1. The van der Waals surface area contributed by atoms with Crippen LogP contribution in [-0.2, 0) is 22.7 Å². The van der Waals surface area contributed by atoms with Crippen molar-refractivity contribution in [2.45, 2.75) is 17.5 Å². The monoisotopic (exact) mass is 385 g/mol. The molecule has 0 bridgehead atoms. The fourth-order valence-corrected chi connectivity index (χ4v) is 4.39. The second-order valence-corrected chi connectivity index (χ2v) is 8.32. The van der Waals surface area contributed by atoms with E-state index in [4.69, 9.17) is 11.5 Å². The first kappa shape index (κ1) is 17.3. The first-order valence-electron chi connectivity index (χ1n) is 8.15. The van der Waals surface area contributed by atoms with Crippen LogP contribution in [0.1, 0.15) is 16.8 Å². The number of aromatic nitrogens is 3. The molecule has 1 atom stereocenters. The number of fused-ring (bicyclic) bond motifs is 1. The highest BCUT2D eigenvalue weighted by Gasteiger charge is 2.40. The van der Waals surface area contributed by atoms with Gasteiger partial charge < -0.3 is 15.6 Å². The molecule has 3 aromatic rings. The number of hydrogen-bond donors (Lipinski definition) is 3. The molecule has 4 rings (SSSR count). The van der Waals surface area contributed by atoms with E-state index in [2.05, 4.69) is 15.3 Å². The van der Waals surface area contributed by atoms with Crippen molar-refractivity contribution in [2.75, 3.05) is 5.32 Å². The van der Waals surface area contributed by atoms with Crippen LogP contribution in [0.25, 0.3) is 0 Å². The van der Waals surface area contributed by atoms with Gasteiger partial charge in [0.1, 0.15) is 11.5 Å². The Labute approximate surface area is 156 Å². The van der Waals surface area contributed by atoms with Gasteiger partial charge in [0, 0.05) is 25.0 Å². The molecule has 5 N–H and O–H groups in total. The molecule has 2 aromatic heterocycles. The Morgan fingerprint density at radius 3 is 2.52 bits per heavy atom. The quantitative estimate of drug-likeness (QED) is 0.607. The summed E-state index contributed by atoms with van der Waals surface area (Å²) in [6.07, 6.45) is 4.75. The van der Waals surface area contributed by atoms with E-state index in [-0.39, 0.29) is 16.7 Å². The van der Waals surface area contributed by atoms with E-state index in [9.17, 15) is 8.42 Å². The van der Waals surface area contributed by atoms with Crippen molar-refractivity contribution in [1.29, 1.82) is 0 Å². The third-order valence-corrected chi connectivity index (χ3v) is 6.17. The van der Waals surface area contributed by atoms with Crippen molar-refractivity contribution < 1.29 is 8.42 Å². The van der Waals surface area contributed by atoms with E-state index in [1.54, 1.807) is 47.4 Å². The predicted molar refractivity (Wildman–Crippen MR) is 102 cm³/mol. The number of nitrogens with one attached hydrogen (secondary N) is 1. The van der Waals surface area contributed by atoms with Crippen LogP contribution in [-0.4, -0.2) is 27.9 Å². The zero-order valence-electron chi connectivity index (χ0n) is 14.8. The van der Waals surface area contributed by atoms with Gasteiger partial charge in [0.05, 0.1) is 11.2 Å². The second kappa shape index (κ2) is 5.69. The Morgan fingerprint density at radius 1 is 1.19 bits per heavy atom. The fourth-order valence-electron chi connectivity index (χ4n) is 3.07. The van der Waals surface area contributed by atoms with Crippen molar-refractivity contribution in [1.82, 2.24) is 13.5 Å². The maximum atomic E-state index is 13.1. The van der Waals surface area contributed by atoms with Crippen LogP contribution < -0.4 is 16.8 Å². The highest BCUT2D eigenvalue weighted by molar-refractivity contribution is 7.90. The van der Waals surface area contributed by atoms with E-state index in [0.717, 1.165) is 9.54 Å². The standard InChI is InChI=1S/C17H19N7O2S/c1-11-3-5-12(6-4-11)27(25,26)24-8-7-13-15(24)21-16(18)22-17(13,19)14-9-23(2)10-20-14/h3-10H,19H2,1-2H3,(H3,18,21,22). The van der Waals surface area contributed by atoms with Crippen LogP contribution in [0.3, 0.4) is 0 Å².